The van der Waals surface area contributed by atoms with Crippen molar-refractivity contribution in [2.24, 2.45) is 0 Å². The predicted octanol–water partition coefficient (Wildman–Crippen LogP) is 1.96. The second kappa shape index (κ2) is 8.10. The Labute approximate surface area is 160 Å². The van der Waals surface area contributed by atoms with Crippen LogP contribution in [0.15, 0.2) is 4.79 Å². The fourth-order valence-electron chi connectivity index (χ4n) is 3.71. The van der Waals surface area contributed by atoms with Gasteiger partial charge >= 0.3 is 0 Å². The van der Waals surface area contributed by atoms with Crippen LogP contribution in [0.3, 0.4) is 0 Å². The van der Waals surface area contributed by atoms with Crippen LogP contribution in [0, 0.1) is 0 Å². The van der Waals surface area contributed by atoms with Gasteiger partial charge in [-0.15, -0.1) is 11.3 Å². The number of carbonyl (C=O) groups excluding carboxylic acids is 1. The highest BCUT2D eigenvalue weighted by atomic mass is 32.2. The number of rotatable bonds is 7. The van der Waals surface area contributed by atoms with E-state index >= 15 is 0 Å². The molecule has 140 valence electrons. The van der Waals surface area contributed by atoms with E-state index < -0.39 is 0 Å². The van der Waals surface area contributed by atoms with E-state index in [1.807, 2.05) is 0 Å². The average Bonchev–Trinajstić information content (AvgIpc) is 3.33. The largest absolute Gasteiger partial charge is 0.355 e. The average molecular weight is 393 g/mol. The predicted molar refractivity (Wildman–Crippen MR) is 107 cm³/mol. The first-order chi connectivity index (χ1) is 12.7. The molecular weight excluding hydrogens is 368 g/mol. The molecule has 0 spiro atoms. The molecule has 2 aromatic rings. The van der Waals surface area contributed by atoms with Gasteiger partial charge in [-0.3, -0.25) is 9.59 Å². The quantitative estimate of drug-likeness (QED) is 0.627. The van der Waals surface area contributed by atoms with Crippen LogP contribution in [0.25, 0.3) is 10.2 Å². The minimum atomic E-state index is -0.00759. The van der Waals surface area contributed by atoms with E-state index in [4.69, 9.17) is 0 Å². The van der Waals surface area contributed by atoms with Crippen LogP contribution in [0.4, 0.5) is 0 Å². The number of nitrogens with zero attached hydrogens (tertiary/aromatic N) is 1. The van der Waals surface area contributed by atoms with E-state index in [9.17, 15) is 9.59 Å². The summed E-state index contributed by atoms with van der Waals surface area (Å²) in [5, 5.41) is 7.17. The maximum atomic E-state index is 12.4. The van der Waals surface area contributed by atoms with Crippen molar-refractivity contribution < 1.29 is 4.79 Å². The molecule has 3 N–H and O–H groups in total. The van der Waals surface area contributed by atoms with Gasteiger partial charge in [0.1, 0.15) is 10.7 Å². The summed E-state index contributed by atoms with van der Waals surface area (Å²) < 4.78 is 0. The van der Waals surface area contributed by atoms with Gasteiger partial charge < -0.3 is 15.6 Å². The van der Waals surface area contributed by atoms with E-state index in [1.54, 1.807) is 23.1 Å². The van der Waals surface area contributed by atoms with Crippen molar-refractivity contribution in [3.8, 4) is 0 Å². The lowest BCUT2D eigenvalue weighted by atomic mass is 10.2. The number of thiophene rings is 1. The number of aryl methyl sites for hydroxylation is 2. The van der Waals surface area contributed by atoms with Crippen molar-refractivity contribution in [3.05, 3.63) is 26.6 Å². The van der Waals surface area contributed by atoms with Crippen molar-refractivity contribution in [2.75, 3.05) is 18.8 Å². The SMILES string of the molecule is O=C(CCSCc1nc2sc3c(c2c(=O)[nH]1)CCC3)NCC1CCCN1. The lowest BCUT2D eigenvalue weighted by molar-refractivity contribution is -0.120. The first-order valence-corrected chi connectivity index (χ1v) is 11.3. The van der Waals surface area contributed by atoms with Crippen LogP contribution in [0.1, 0.15) is 41.9 Å². The second-order valence-electron chi connectivity index (χ2n) is 6.95. The highest BCUT2D eigenvalue weighted by Gasteiger charge is 2.21. The molecule has 1 aliphatic heterocycles. The van der Waals surface area contributed by atoms with Gasteiger partial charge in [0.05, 0.1) is 11.1 Å². The molecule has 1 amide bonds. The van der Waals surface area contributed by atoms with E-state index in [1.165, 1.54) is 16.9 Å². The van der Waals surface area contributed by atoms with Gasteiger partial charge in [-0.1, -0.05) is 0 Å². The summed E-state index contributed by atoms with van der Waals surface area (Å²) >= 11 is 3.30. The summed E-state index contributed by atoms with van der Waals surface area (Å²) in [6, 6.07) is 0.431. The van der Waals surface area contributed by atoms with Gasteiger partial charge in [0.25, 0.3) is 5.56 Å². The summed E-state index contributed by atoms with van der Waals surface area (Å²) in [5.41, 5.74) is 1.21. The first kappa shape index (κ1) is 18.0. The van der Waals surface area contributed by atoms with Gasteiger partial charge in [-0.05, 0) is 44.2 Å². The minimum Gasteiger partial charge on any atom is -0.355 e. The molecule has 4 rings (SSSR count). The monoisotopic (exact) mass is 392 g/mol. The van der Waals surface area contributed by atoms with Crippen LogP contribution >= 0.6 is 23.1 Å². The zero-order valence-corrected chi connectivity index (χ0v) is 16.4. The van der Waals surface area contributed by atoms with E-state index in [0.29, 0.717) is 24.0 Å². The highest BCUT2D eigenvalue weighted by molar-refractivity contribution is 7.98. The molecule has 2 aliphatic rings. The molecule has 2 aromatic heterocycles. The lowest BCUT2D eigenvalue weighted by Gasteiger charge is -2.11. The Bertz CT molecular complexity index is 855. The Hall–Kier alpha value is -1.38. The highest BCUT2D eigenvalue weighted by Crippen LogP contribution is 2.34. The number of aromatic nitrogens is 2. The van der Waals surface area contributed by atoms with Gasteiger partial charge in [-0.25, -0.2) is 4.98 Å². The second-order valence-corrected chi connectivity index (χ2v) is 9.14. The maximum absolute atomic E-state index is 12.4. The molecule has 0 saturated carbocycles. The summed E-state index contributed by atoms with van der Waals surface area (Å²) in [4.78, 5) is 34.1. The molecule has 8 heteroatoms. The molecule has 1 atom stereocenters. The Balaban J connectivity index is 1.26. The van der Waals surface area contributed by atoms with E-state index in [2.05, 4.69) is 20.6 Å². The third-order valence-corrected chi connectivity index (χ3v) is 7.20. The van der Waals surface area contributed by atoms with Gasteiger partial charge in [0.2, 0.25) is 5.91 Å². The van der Waals surface area contributed by atoms with Gasteiger partial charge in [0, 0.05) is 29.6 Å². The van der Waals surface area contributed by atoms with Crippen molar-refractivity contribution in [1.82, 2.24) is 20.6 Å². The van der Waals surface area contributed by atoms with Crippen LogP contribution in [-0.4, -0.2) is 40.8 Å². The van der Waals surface area contributed by atoms with E-state index in [0.717, 1.165) is 54.7 Å². The number of H-pyrrole nitrogens is 1. The van der Waals surface area contributed by atoms with Crippen molar-refractivity contribution >= 4 is 39.2 Å². The molecule has 1 unspecified atom stereocenters. The number of nitrogens with one attached hydrogen (secondary N) is 3. The number of hydrogen-bond acceptors (Lipinski definition) is 6. The molecule has 1 fully saturated rings. The third kappa shape index (κ3) is 3.97. The smallest absolute Gasteiger partial charge is 0.259 e. The number of aromatic amines is 1. The van der Waals surface area contributed by atoms with E-state index in [-0.39, 0.29) is 11.5 Å². The summed E-state index contributed by atoms with van der Waals surface area (Å²) in [6.07, 6.45) is 6.05. The number of carbonyl (C=O) groups is 1. The molecule has 3 heterocycles. The van der Waals surface area contributed by atoms with Gasteiger partial charge in [0.15, 0.2) is 0 Å². The molecule has 0 aromatic carbocycles. The van der Waals surface area contributed by atoms with Crippen LogP contribution in [-0.2, 0) is 23.4 Å². The zero-order valence-electron chi connectivity index (χ0n) is 14.7. The summed E-state index contributed by atoms with van der Waals surface area (Å²) in [7, 11) is 0. The van der Waals surface area contributed by atoms with Crippen LogP contribution in [0.5, 0.6) is 0 Å². The Morgan fingerprint density at radius 3 is 3.12 bits per heavy atom. The Kier molecular flexibility index (Phi) is 5.61. The van der Waals surface area contributed by atoms with Crippen molar-refractivity contribution in [2.45, 2.75) is 50.3 Å². The molecule has 0 radical (unpaired) electrons. The topological polar surface area (TPSA) is 86.9 Å². The summed E-state index contributed by atoms with van der Waals surface area (Å²) in [5.74, 6) is 2.17. The number of fused-ring (bicyclic) bond motifs is 3. The first-order valence-electron chi connectivity index (χ1n) is 9.32. The standard InChI is InChI=1S/C18H24N4O2S2/c23-15(20-9-11-3-2-7-19-11)6-8-25-10-14-21-17(24)16-12-4-1-5-13(12)26-18(16)22-14/h11,19H,1-10H2,(H,20,23)(H,21,22,24). The fourth-order valence-corrected chi connectivity index (χ4v) is 5.79. The number of hydrogen-bond donors (Lipinski definition) is 3. The minimum absolute atomic E-state index is 0.00759. The van der Waals surface area contributed by atoms with Crippen molar-refractivity contribution in [3.63, 3.8) is 0 Å². The molecule has 0 bridgehead atoms. The van der Waals surface area contributed by atoms with Gasteiger partial charge in [-0.2, -0.15) is 11.8 Å². The van der Waals surface area contributed by atoms with Crippen LogP contribution in [0.2, 0.25) is 0 Å². The molecular formula is C18H24N4O2S2. The summed E-state index contributed by atoms with van der Waals surface area (Å²) in [6.45, 7) is 1.78. The lowest BCUT2D eigenvalue weighted by Crippen LogP contribution is -2.37. The third-order valence-electron chi connectivity index (χ3n) is 5.04. The van der Waals surface area contributed by atoms with Crippen LogP contribution < -0.4 is 16.2 Å². The molecule has 26 heavy (non-hydrogen) atoms. The maximum Gasteiger partial charge on any atom is 0.259 e. The molecule has 6 nitrogen and oxygen atoms in total. The molecule has 1 aliphatic carbocycles. The zero-order chi connectivity index (χ0) is 17.9. The fraction of sp³-hybridized carbons (Fsp3) is 0.611. The molecule has 1 saturated heterocycles. The number of thioether (sulfide) groups is 1. The Morgan fingerprint density at radius 2 is 2.27 bits per heavy atom. The Morgan fingerprint density at radius 1 is 1.35 bits per heavy atom. The van der Waals surface area contributed by atoms with Crippen molar-refractivity contribution in [1.29, 1.82) is 0 Å². The normalized spacial score (nSPS) is 19.2. The number of amides is 1.